The van der Waals surface area contributed by atoms with Crippen LogP contribution in [0.4, 0.5) is 0 Å². The maximum absolute atomic E-state index is 13.2. The highest BCUT2D eigenvalue weighted by Crippen LogP contribution is 2.25. The van der Waals surface area contributed by atoms with E-state index < -0.39 is 16.1 Å². The van der Waals surface area contributed by atoms with Crippen molar-refractivity contribution >= 4 is 21.8 Å². The number of nitrogens with zero attached hydrogens (tertiary/aromatic N) is 3. The molecule has 3 saturated heterocycles. The van der Waals surface area contributed by atoms with Crippen molar-refractivity contribution in [1.29, 1.82) is 0 Å². The summed E-state index contributed by atoms with van der Waals surface area (Å²) in [6, 6.07) is 13.4. The maximum Gasteiger partial charge on any atom is 0.242 e. The molecule has 1 N–H and O–H groups in total. The van der Waals surface area contributed by atoms with Crippen LogP contribution in [0.1, 0.15) is 38.5 Å². The van der Waals surface area contributed by atoms with E-state index in [1.54, 1.807) is 31.4 Å². The van der Waals surface area contributed by atoms with Gasteiger partial charge in [-0.2, -0.15) is 4.72 Å². The Morgan fingerprint density at radius 3 is 2.21 bits per heavy atom. The number of sulfonamides is 1. The third kappa shape index (κ3) is 6.45. The van der Waals surface area contributed by atoms with E-state index in [0.717, 1.165) is 55.9 Å². The average molecular weight is 555 g/mol. The fourth-order valence-corrected chi connectivity index (χ4v) is 7.17. The zero-order chi connectivity index (χ0) is 27.4. The van der Waals surface area contributed by atoms with E-state index >= 15 is 0 Å². The number of carbonyl (C=O) groups excluding carboxylic acids is 2. The first-order valence-corrected chi connectivity index (χ1v) is 15.4. The van der Waals surface area contributed by atoms with Crippen LogP contribution >= 0.6 is 0 Å². The SMILES string of the molecule is COc1ccc(-c2ccc(S(=O)(=O)N[C@H]3CCCN(CC(=O)N4CCC[C@H]4CN4CCCC4)C3=O)cc2)cc1. The number of benzene rings is 2. The molecule has 39 heavy (non-hydrogen) atoms. The average Bonchev–Trinajstić information content (AvgIpc) is 3.64. The van der Waals surface area contributed by atoms with Crippen LogP contribution in [0.5, 0.6) is 5.75 Å². The summed E-state index contributed by atoms with van der Waals surface area (Å²) < 4.78 is 34.1. The van der Waals surface area contributed by atoms with E-state index in [0.29, 0.717) is 19.4 Å². The Morgan fingerprint density at radius 2 is 1.54 bits per heavy atom. The van der Waals surface area contributed by atoms with Gasteiger partial charge in [-0.3, -0.25) is 9.59 Å². The summed E-state index contributed by atoms with van der Waals surface area (Å²) in [7, 11) is -2.30. The highest BCUT2D eigenvalue weighted by Gasteiger charge is 2.36. The van der Waals surface area contributed by atoms with Crippen molar-refractivity contribution in [3.05, 3.63) is 48.5 Å². The summed E-state index contributed by atoms with van der Waals surface area (Å²) in [6.45, 7) is 4.28. The monoisotopic (exact) mass is 554 g/mol. The Hall–Kier alpha value is -2.95. The molecule has 0 unspecified atom stereocenters. The van der Waals surface area contributed by atoms with Gasteiger partial charge in [0.15, 0.2) is 0 Å². The molecule has 0 radical (unpaired) electrons. The third-order valence-electron chi connectivity index (χ3n) is 8.11. The summed E-state index contributed by atoms with van der Waals surface area (Å²) in [5.41, 5.74) is 1.82. The Bertz CT molecular complexity index is 1260. The summed E-state index contributed by atoms with van der Waals surface area (Å²) in [4.78, 5) is 32.4. The van der Waals surface area contributed by atoms with Crippen LogP contribution < -0.4 is 9.46 Å². The van der Waals surface area contributed by atoms with Gasteiger partial charge >= 0.3 is 0 Å². The molecule has 3 heterocycles. The Labute approximate surface area is 231 Å². The van der Waals surface area contributed by atoms with Gasteiger partial charge in [-0.1, -0.05) is 24.3 Å². The van der Waals surface area contributed by atoms with Gasteiger partial charge in [0.25, 0.3) is 0 Å². The van der Waals surface area contributed by atoms with Crippen molar-refractivity contribution in [2.45, 2.75) is 55.5 Å². The first-order valence-electron chi connectivity index (χ1n) is 13.9. The molecule has 3 aliphatic rings. The van der Waals surface area contributed by atoms with E-state index in [9.17, 15) is 18.0 Å². The number of carbonyl (C=O) groups is 2. The predicted octanol–water partition coefficient (Wildman–Crippen LogP) is 2.72. The Morgan fingerprint density at radius 1 is 0.897 bits per heavy atom. The second-order valence-electron chi connectivity index (χ2n) is 10.7. The molecular weight excluding hydrogens is 516 g/mol. The fraction of sp³-hybridized carbons (Fsp3) is 0.517. The van der Waals surface area contributed by atoms with E-state index in [1.165, 1.54) is 17.7 Å². The number of amides is 2. The molecule has 0 aliphatic carbocycles. The molecule has 0 bridgehead atoms. The lowest BCUT2D eigenvalue weighted by Gasteiger charge is -2.34. The largest absolute Gasteiger partial charge is 0.497 e. The predicted molar refractivity (Wildman–Crippen MR) is 149 cm³/mol. The van der Waals surface area contributed by atoms with Gasteiger partial charge in [-0.15, -0.1) is 0 Å². The Kier molecular flexibility index (Phi) is 8.54. The van der Waals surface area contributed by atoms with Crippen LogP contribution in [0.3, 0.4) is 0 Å². The molecule has 2 amide bonds. The van der Waals surface area contributed by atoms with Gasteiger partial charge < -0.3 is 19.4 Å². The maximum atomic E-state index is 13.2. The topological polar surface area (TPSA) is 99.3 Å². The number of piperidine rings is 1. The molecule has 210 valence electrons. The second kappa shape index (κ2) is 12.1. The number of hydrogen-bond acceptors (Lipinski definition) is 6. The lowest BCUT2D eigenvalue weighted by Crippen LogP contribution is -2.55. The van der Waals surface area contributed by atoms with Crippen molar-refractivity contribution in [2.75, 3.05) is 46.4 Å². The number of nitrogens with one attached hydrogen (secondary N) is 1. The van der Waals surface area contributed by atoms with Gasteiger partial charge in [0.05, 0.1) is 18.6 Å². The van der Waals surface area contributed by atoms with Crippen LogP contribution in [0, 0.1) is 0 Å². The molecule has 10 heteroatoms. The normalized spacial score (nSPS) is 22.4. The number of likely N-dealkylation sites (tertiary alicyclic amines) is 3. The number of rotatable bonds is 9. The third-order valence-corrected chi connectivity index (χ3v) is 9.59. The molecule has 3 fully saturated rings. The Balaban J connectivity index is 1.19. The second-order valence-corrected chi connectivity index (χ2v) is 12.4. The molecular formula is C29H38N4O5S. The fourth-order valence-electron chi connectivity index (χ4n) is 5.94. The van der Waals surface area contributed by atoms with Gasteiger partial charge in [0, 0.05) is 25.7 Å². The van der Waals surface area contributed by atoms with Gasteiger partial charge in [-0.05, 0) is 87.0 Å². The van der Waals surface area contributed by atoms with E-state index in [2.05, 4.69) is 9.62 Å². The van der Waals surface area contributed by atoms with E-state index in [4.69, 9.17) is 4.74 Å². The molecule has 3 aliphatic heterocycles. The summed E-state index contributed by atoms with van der Waals surface area (Å²) >= 11 is 0. The molecule has 9 nitrogen and oxygen atoms in total. The van der Waals surface area contributed by atoms with Gasteiger partial charge in [0.2, 0.25) is 21.8 Å². The molecule has 2 atom stereocenters. The van der Waals surface area contributed by atoms with Crippen LogP contribution in [-0.2, 0) is 19.6 Å². The lowest BCUT2D eigenvalue weighted by molar-refractivity contribution is -0.143. The zero-order valence-corrected chi connectivity index (χ0v) is 23.4. The summed E-state index contributed by atoms with van der Waals surface area (Å²) in [6.07, 6.45) is 5.46. The molecule has 2 aromatic rings. The van der Waals surface area contributed by atoms with Crippen molar-refractivity contribution in [1.82, 2.24) is 19.4 Å². The summed E-state index contributed by atoms with van der Waals surface area (Å²) in [5, 5.41) is 0. The van der Waals surface area contributed by atoms with Crippen LogP contribution in [0.15, 0.2) is 53.4 Å². The van der Waals surface area contributed by atoms with E-state index in [1.807, 2.05) is 29.2 Å². The zero-order valence-electron chi connectivity index (χ0n) is 22.5. The number of ether oxygens (including phenoxy) is 1. The van der Waals surface area contributed by atoms with Crippen molar-refractivity contribution in [3.63, 3.8) is 0 Å². The minimum absolute atomic E-state index is 0.00409. The van der Waals surface area contributed by atoms with Crippen molar-refractivity contribution in [3.8, 4) is 16.9 Å². The quantitative estimate of drug-likeness (QED) is 0.512. The molecule has 0 saturated carbocycles. The molecule has 2 aromatic carbocycles. The highest BCUT2D eigenvalue weighted by molar-refractivity contribution is 7.89. The van der Waals surface area contributed by atoms with Gasteiger partial charge in [0.1, 0.15) is 11.8 Å². The molecule has 0 spiro atoms. The smallest absolute Gasteiger partial charge is 0.242 e. The van der Waals surface area contributed by atoms with Crippen LogP contribution in [0.25, 0.3) is 11.1 Å². The highest BCUT2D eigenvalue weighted by atomic mass is 32.2. The standard InChI is InChI=1S/C29H38N4O5S/c1-38-25-12-8-22(9-13-25)23-10-14-26(15-11-23)39(36,37)30-27-7-5-18-32(29(27)35)21-28(34)33-19-4-6-24(33)20-31-16-2-3-17-31/h8-15,24,27,30H,2-7,16-21H2,1H3/t24-,27-/m0/s1. The van der Waals surface area contributed by atoms with Gasteiger partial charge in [-0.25, -0.2) is 8.42 Å². The first-order chi connectivity index (χ1) is 18.8. The van der Waals surface area contributed by atoms with Crippen molar-refractivity contribution < 1.29 is 22.7 Å². The van der Waals surface area contributed by atoms with Crippen molar-refractivity contribution in [2.24, 2.45) is 0 Å². The first kappa shape index (κ1) is 27.6. The molecule has 0 aromatic heterocycles. The summed E-state index contributed by atoms with van der Waals surface area (Å²) in [5.74, 6) is 0.378. The van der Waals surface area contributed by atoms with E-state index in [-0.39, 0.29) is 29.3 Å². The molecule has 5 rings (SSSR count). The minimum Gasteiger partial charge on any atom is -0.497 e. The number of methoxy groups -OCH3 is 1. The van der Waals surface area contributed by atoms with Crippen LogP contribution in [0.2, 0.25) is 0 Å². The minimum atomic E-state index is -3.91. The van der Waals surface area contributed by atoms with Crippen LogP contribution in [-0.4, -0.2) is 93.4 Å². The lowest BCUT2D eigenvalue weighted by atomic mass is 10.1. The number of hydrogen-bond donors (Lipinski definition) is 1.